The number of amides is 2. The summed E-state index contributed by atoms with van der Waals surface area (Å²) in [5.74, 6) is -0.343. The van der Waals surface area contributed by atoms with Crippen LogP contribution in [0, 0.1) is 11.8 Å². The van der Waals surface area contributed by atoms with Gasteiger partial charge in [-0.1, -0.05) is 24.3 Å². The Labute approximate surface area is 174 Å². The van der Waals surface area contributed by atoms with Crippen molar-refractivity contribution in [2.24, 2.45) is 11.8 Å². The zero-order valence-corrected chi connectivity index (χ0v) is 17.0. The van der Waals surface area contributed by atoms with E-state index >= 15 is 0 Å². The Morgan fingerprint density at radius 2 is 2.20 bits per heavy atom. The number of hydrogen-bond donors (Lipinski definition) is 0. The Bertz CT molecular complexity index is 1000. The number of ether oxygens (including phenoxy) is 2. The second-order valence-corrected chi connectivity index (χ2v) is 8.27. The van der Waals surface area contributed by atoms with Crippen molar-refractivity contribution in [3.8, 4) is 5.75 Å². The number of hydrogen-bond acceptors (Lipinski definition) is 5. The van der Waals surface area contributed by atoms with E-state index in [0.717, 1.165) is 16.9 Å². The number of nitrogens with zero attached hydrogens (tertiary/aromatic N) is 2. The van der Waals surface area contributed by atoms with Crippen molar-refractivity contribution in [3.63, 3.8) is 0 Å². The number of carbonyl (C=O) groups excluding carboxylic acids is 2. The van der Waals surface area contributed by atoms with Gasteiger partial charge in [0.05, 0.1) is 44.1 Å². The summed E-state index contributed by atoms with van der Waals surface area (Å²) < 4.78 is 16.6. The molecule has 0 saturated carbocycles. The molecule has 2 saturated heterocycles. The molecular formula is C23H24N2O5. The topological polar surface area (TPSA) is 72.2 Å². The zero-order chi connectivity index (χ0) is 20.9. The van der Waals surface area contributed by atoms with Crippen LogP contribution in [0.3, 0.4) is 0 Å². The van der Waals surface area contributed by atoms with Crippen molar-refractivity contribution >= 4 is 11.8 Å². The fourth-order valence-electron chi connectivity index (χ4n) is 4.97. The van der Waals surface area contributed by atoms with Gasteiger partial charge in [-0.25, -0.2) is 0 Å². The van der Waals surface area contributed by atoms with E-state index in [1.165, 1.54) is 0 Å². The second kappa shape index (κ2) is 7.02. The summed E-state index contributed by atoms with van der Waals surface area (Å²) >= 11 is 0. The van der Waals surface area contributed by atoms with Crippen molar-refractivity contribution < 1.29 is 23.5 Å². The fourth-order valence-corrected chi connectivity index (χ4v) is 4.97. The van der Waals surface area contributed by atoms with Crippen LogP contribution in [-0.2, 0) is 27.4 Å². The number of furan rings is 1. The molecule has 30 heavy (non-hydrogen) atoms. The third kappa shape index (κ3) is 2.92. The molecule has 0 radical (unpaired) electrons. The number of fused-ring (bicyclic) bond motifs is 1. The molecule has 2 aromatic rings. The average molecular weight is 408 g/mol. The zero-order valence-electron chi connectivity index (χ0n) is 17.0. The van der Waals surface area contributed by atoms with Crippen LogP contribution in [0.5, 0.6) is 5.75 Å². The Morgan fingerprint density at radius 3 is 2.97 bits per heavy atom. The molecule has 156 valence electrons. The first-order valence-corrected chi connectivity index (χ1v) is 10.1. The summed E-state index contributed by atoms with van der Waals surface area (Å²) in [7, 11) is 3.38. The standard InChI is InChI=1S/C23H24N2O5/c1-24(11-16-7-9-29-13-16)21(26)19-18-6-8-23(30-18)14-25(22(27)20(19)23)12-15-4-3-5-17(10-15)28-2/h3-10,13,18-20H,11-12,14H2,1-2H3/t18-,19-,20+,23-/m0/s1. The average Bonchev–Trinajstić information content (AvgIpc) is 3.51. The number of benzene rings is 1. The molecule has 2 bridgehead atoms. The van der Waals surface area contributed by atoms with Gasteiger partial charge in [-0.15, -0.1) is 0 Å². The quantitative estimate of drug-likeness (QED) is 0.686. The lowest BCUT2D eigenvalue weighted by atomic mass is 9.76. The van der Waals surface area contributed by atoms with Gasteiger partial charge in [0.2, 0.25) is 11.8 Å². The molecule has 7 nitrogen and oxygen atoms in total. The Balaban J connectivity index is 1.36. The maximum Gasteiger partial charge on any atom is 0.230 e. The molecular weight excluding hydrogens is 384 g/mol. The third-order valence-electron chi connectivity index (χ3n) is 6.35. The van der Waals surface area contributed by atoms with Gasteiger partial charge in [-0.2, -0.15) is 0 Å². The van der Waals surface area contributed by atoms with Gasteiger partial charge in [0, 0.05) is 25.7 Å². The van der Waals surface area contributed by atoms with E-state index in [9.17, 15) is 9.59 Å². The monoisotopic (exact) mass is 408 g/mol. The SMILES string of the molecule is COc1cccc(CN2C[C@]34C=C[C@H](O3)[C@H](C(=O)N(C)Cc3ccoc3)[C@@H]4C2=O)c1. The number of methoxy groups -OCH3 is 1. The molecule has 2 amide bonds. The van der Waals surface area contributed by atoms with Crippen molar-refractivity contribution in [1.82, 2.24) is 9.80 Å². The number of carbonyl (C=O) groups is 2. The summed E-state index contributed by atoms with van der Waals surface area (Å²) in [5, 5.41) is 0. The van der Waals surface area contributed by atoms with Gasteiger partial charge in [0.15, 0.2) is 0 Å². The van der Waals surface area contributed by atoms with Crippen LogP contribution in [0.4, 0.5) is 0 Å². The molecule has 2 fully saturated rings. The van der Waals surface area contributed by atoms with Crippen LogP contribution >= 0.6 is 0 Å². The smallest absolute Gasteiger partial charge is 0.230 e. The molecule has 0 unspecified atom stereocenters. The second-order valence-electron chi connectivity index (χ2n) is 8.27. The highest BCUT2D eigenvalue weighted by Gasteiger charge is 2.67. The van der Waals surface area contributed by atoms with Crippen molar-refractivity contribution in [2.75, 3.05) is 20.7 Å². The molecule has 4 atom stereocenters. The Morgan fingerprint density at radius 1 is 1.33 bits per heavy atom. The summed E-state index contributed by atoms with van der Waals surface area (Å²) in [4.78, 5) is 30.1. The number of rotatable bonds is 6. The van der Waals surface area contributed by atoms with E-state index < -0.39 is 17.4 Å². The van der Waals surface area contributed by atoms with Crippen LogP contribution < -0.4 is 4.74 Å². The van der Waals surface area contributed by atoms with Crippen molar-refractivity contribution in [3.05, 3.63) is 66.1 Å². The van der Waals surface area contributed by atoms with Gasteiger partial charge >= 0.3 is 0 Å². The normalized spacial score (nSPS) is 28.8. The predicted octanol–water partition coefficient (Wildman–Crippen LogP) is 2.23. The van der Waals surface area contributed by atoms with E-state index in [4.69, 9.17) is 13.9 Å². The van der Waals surface area contributed by atoms with E-state index in [0.29, 0.717) is 19.6 Å². The fraction of sp³-hybridized carbons (Fsp3) is 0.391. The largest absolute Gasteiger partial charge is 0.497 e. The number of likely N-dealkylation sites (tertiary alicyclic amines) is 1. The Hall–Kier alpha value is -3.06. The first-order valence-electron chi connectivity index (χ1n) is 10.1. The van der Waals surface area contributed by atoms with Crippen LogP contribution in [0.15, 0.2) is 59.4 Å². The highest BCUT2D eigenvalue weighted by molar-refractivity contribution is 5.93. The molecule has 0 aliphatic carbocycles. The van der Waals surface area contributed by atoms with Crippen LogP contribution in [0.25, 0.3) is 0 Å². The molecule has 0 N–H and O–H groups in total. The van der Waals surface area contributed by atoms with E-state index in [2.05, 4.69) is 0 Å². The van der Waals surface area contributed by atoms with Crippen LogP contribution in [0.1, 0.15) is 11.1 Å². The third-order valence-corrected chi connectivity index (χ3v) is 6.35. The van der Waals surface area contributed by atoms with Crippen molar-refractivity contribution in [2.45, 2.75) is 24.8 Å². The summed E-state index contributed by atoms with van der Waals surface area (Å²) in [6, 6.07) is 9.51. The predicted molar refractivity (Wildman–Crippen MR) is 107 cm³/mol. The first kappa shape index (κ1) is 18.9. The van der Waals surface area contributed by atoms with Gasteiger partial charge in [0.25, 0.3) is 0 Å². The van der Waals surface area contributed by atoms with Gasteiger partial charge in [-0.3, -0.25) is 9.59 Å². The molecule has 1 aromatic heterocycles. The van der Waals surface area contributed by atoms with Gasteiger partial charge in [-0.05, 0) is 23.8 Å². The minimum absolute atomic E-state index is 0.0280. The maximum absolute atomic E-state index is 13.4. The summed E-state index contributed by atoms with van der Waals surface area (Å²) in [6.07, 6.45) is 6.78. The van der Waals surface area contributed by atoms with Crippen molar-refractivity contribution in [1.29, 1.82) is 0 Å². The molecule has 1 spiro atoms. The molecule has 4 heterocycles. The van der Waals surface area contributed by atoms with Crippen LogP contribution in [-0.4, -0.2) is 54.0 Å². The molecule has 5 rings (SSSR count). The summed E-state index contributed by atoms with van der Waals surface area (Å²) in [6.45, 7) is 1.35. The highest BCUT2D eigenvalue weighted by Crippen LogP contribution is 2.52. The maximum atomic E-state index is 13.4. The highest BCUT2D eigenvalue weighted by atomic mass is 16.5. The minimum Gasteiger partial charge on any atom is -0.497 e. The minimum atomic E-state index is -0.711. The molecule has 7 heteroatoms. The van der Waals surface area contributed by atoms with E-state index in [-0.39, 0.29) is 17.9 Å². The molecule has 3 aliphatic heterocycles. The molecule has 1 aromatic carbocycles. The lowest BCUT2D eigenvalue weighted by Crippen LogP contribution is -2.44. The van der Waals surface area contributed by atoms with E-state index in [1.807, 2.05) is 42.5 Å². The lowest BCUT2D eigenvalue weighted by Gasteiger charge is -2.27. The Kier molecular flexibility index (Phi) is 4.43. The van der Waals surface area contributed by atoms with E-state index in [1.54, 1.807) is 36.5 Å². The lowest BCUT2D eigenvalue weighted by molar-refractivity contribution is -0.142. The van der Waals surface area contributed by atoms with Gasteiger partial charge in [0.1, 0.15) is 11.4 Å². The first-order chi connectivity index (χ1) is 14.5. The van der Waals surface area contributed by atoms with Gasteiger partial charge < -0.3 is 23.7 Å². The molecule has 3 aliphatic rings. The summed E-state index contributed by atoms with van der Waals surface area (Å²) in [5.41, 5.74) is 1.19. The van der Waals surface area contributed by atoms with Crippen LogP contribution in [0.2, 0.25) is 0 Å².